The molecule has 0 radical (unpaired) electrons. The Labute approximate surface area is 126 Å². The molecule has 4 nitrogen and oxygen atoms in total. The van der Waals surface area contributed by atoms with E-state index >= 15 is 0 Å². The molecule has 2 rings (SSSR count). The fraction of sp³-hybridized carbons (Fsp3) is 0.533. The number of benzene rings is 1. The minimum Gasteiger partial charge on any atom is -0.483 e. The number of para-hydroxylation sites is 1. The molecule has 122 valence electrons. The van der Waals surface area contributed by atoms with E-state index in [0.29, 0.717) is 12.8 Å². The number of ether oxygens (including phenoxy) is 1. The third kappa shape index (κ3) is 3.91. The van der Waals surface area contributed by atoms with Crippen LogP contribution in [0.15, 0.2) is 24.3 Å². The van der Waals surface area contributed by atoms with Gasteiger partial charge < -0.3 is 15.2 Å². The van der Waals surface area contributed by atoms with Crippen LogP contribution in [0.25, 0.3) is 0 Å². The maximum atomic E-state index is 12.8. The molecule has 1 aliphatic rings. The first kappa shape index (κ1) is 16.6. The van der Waals surface area contributed by atoms with E-state index in [4.69, 9.17) is 4.74 Å². The van der Waals surface area contributed by atoms with Crippen LogP contribution in [0.4, 0.5) is 13.2 Å². The van der Waals surface area contributed by atoms with Crippen molar-refractivity contribution in [3.05, 3.63) is 29.8 Å². The number of nitrogens with one attached hydrogen (secondary N) is 1. The Morgan fingerprint density at radius 2 is 1.91 bits per heavy atom. The van der Waals surface area contributed by atoms with Crippen LogP contribution >= 0.6 is 0 Å². The number of carbonyl (C=O) groups excluding carboxylic acids is 1. The molecule has 0 aromatic heterocycles. The highest BCUT2D eigenvalue weighted by Gasteiger charge is 2.36. The molecule has 0 saturated heterocycles. The zero-order chi connectivity index (χ0) is 16.2. The number of alkyl halides is 3. The minimum absolute atomic E-state index is 0.183. The average molecular weight is 317 g/mol. The Kier molecular flexibility index (Phi) is 4.95. The highest BCUT2D eigenvalue weighted by atomic mass is 19.4. The van der Waals surface area contributed by atoms with Gasteiger partial charge in [-0.05, 0) is 25.0 Å². The Morgan fingerprint density at radius 1 is 1.27 bits per heavy atom. The molecule has 1 aromatic rings. The van der Waals surface area contributed by atoms with Crippen molar-refractivity contribution in [1.82, 2.24) is 5.32 Å². The Balaban J connectivity index is 1.97. The number of aliphatic hydroxyl groups is 1. The summed E-state index contributed by atoms with van der Waals surface area (Å²) in [4.78, 5) is 11.9. The summed E-state index contributed by atoms with van der Waals surface area (Å²) in [5.74, 6) is -0.914. The van der Waals surface area contributed by atoms with E-state index < -0.39 is 29.8 Å². The van der Waals surface area contributed by atoms with Crippen molar-refractivity contribution >= 4 is 5.91 Å². The molecule has 1 aliphatic carbocycles. The van der Waals surface area contributed by atoms with E-state index in [-0.39, 0.29) is 12.4 Å². The van der Waals surface area contributed by atoms with Crippen LogP contribution in [0.5, 0.6) is 5.75 Å². The zero-order valence-corrected chi connectivity index (χ0v) is 11.9. The summed E-state index contributed by atoms with van der Waals surface area (Å²) in [5.41, 5.74) is -1.58. The van der Waals surface area contributed by atoms with Crippen LogP contribution in [-0.2, 0) is 11.0 Å². The summed E-state index contributed by atoms with van der Waals surface area (Å²) in [6.45, 7) is -0.702. The number of amides is 1. The lowest BCUT2D eigenvalue weighted by atomic mass is 9.99. The van der Waals surface area contributed by atoms with E-state index in [1.807, 2.05) is 0 Å². The maximum absolute atomic E-state index is 12.8. The fourth-order valence-corrected chi connectivity index (χ4v) is 2.68. The second kappa shape index (κ2) is 6.56. The lowest BCUT2D eigenvalue weighted by molar-refractivity contribution is -0.139. The summed E-state index contributed by atoms with van der Waals surface area (Å²) < 4.78 is 43.4. The summed E-state index contributed by atoms with van der Waals surface area (Å²) in [6, 6.07) is 4.75. The molecule has 1 fully saturated rings. The van der Waals surface area contributed by atoms with Gasteiger partial charge in [-0.3, -0.25) is 4.79 Å². The third-order valence-electron chi connectivity index (χ3n) is 3.82. The molecule has 0 unspecified atom stereocenters. The predicted molar refractivity (Wildman–Crippen MR) is 73.4 cm³/mol. The largest absolute Gasteiger partial charge is 0.483 e. The topological polar surface area (TPSA) is 58.6 Å². The molecular weight excluding hydrogens is 299 g/mol. The van der Waals surface area contributed by atoms with Gasteiger partial charge in [0, 0.05) is 0 Å². The molecule has 0 spiro atoms. The molecular formula is C15H18F3NO3. The number of aliphatic hydroxyl groups excluding tert-OH is 1. The van der Waals surface area contributed by atoms with Gasteiger partial charge in [0.05, 0.1) is 17.7 Å². The van der Waals surface area contributed by atoms with Crippen molar-refractivity contribution in [3.63, 3.8) is 0 Å². The summed E-state index contributed by atoms with van der Waals surface area (Å²) in [5, 5.41) is 12.1. The van der Waals surface area contributed by atoms with Crippen molar-refractivity contribution < 1.29 is 27.8 Å². The summed E-state index contributed by atoms with van der Waals surface area (Å²) in [6.07, 6.45) is -1.41. The first-order valence-electron chi connectivity index (χ1n) is 7.07. The minimum atomic E-state index is -4.54. The van der Waals surface area contributed by atoms with Crippen LogP contribution in [0.2, 0.25) is 0 Å². The smallest absolute Gasteiger partial charge is 0.419 e. The molecule has 1 aromatic carbocycles. The predicted octanol–water partition coefficient (Wildman–Crippen LogP) is 2.51. The molecule has 2 N–H and O–H groups in total. The van der Waals surface area contributed by atoms with Gasteiger partial charge >= 0.3 is 6.18 Å². The van der Waals surface area contributed by atoms with E-state index in [2.05, 4.69) is 5.32 Å². The molecule has 0 bridgehead atoms. The SMILES string of the molecule is O=C(COc1ccccc1C(F)(F)F)NC1(CO)CCCC1. The van der Waals surface area contributed by atoms with Crippen molar-refractivity contribution in [2.24, 2.45) is 0 Å². The number of hydrogen-bond acceptors (Lipinski definition) is 3. The molecule has 0 heterocycles. The second-order valence-electron chi connectivity index (χ2n) is 5.48. The van der Waals surface area contributed by atoms with Gasteiger partial charge in [-0.1, -0.05) is 25.0 Å². The van der Waals surface area contributed by atoms with E-state index in [9.17, 15) is 23.1 Å². The normalized spacial score (nSPS) is 17.3. The molecule has 1 amide bonds. The maximum Gasteiger partial charge on any atom is 0.419 e. The average Bonchev–Trinajstić information content (AvgIpc) is 2.93. The van der Waals surface area contributed by atoms with Gasteiger partial charge in [-0.25, -0.2) is 0 Å². The monoisotopic (exact) mass is 317 g/mol. The quantitative estimate of drug-likeness (QED) is 0.877. The van der Waals surface area contributed by atoms with Gasteiger partial charge in [-0.2, -0.15) is 13.2 Å². The second-order valence-corrected chi connectivity index (χ2v) is 5.48. The Bertz CT molecular complexity index is 525. The van der Waals surface area contributed by atoms with Gasteiger partial charge in [0.2, 0.25) is 0 Å². The van der Waals surface area contributed by atoms with Crippen LogP contribution in [0, 0.1) is 0 Å². The molecule has 0 aliphatic heterocycles. The highest BCUT2D eigenvalue weighted by molar-refractivity contribution is 5.78. The number of rotatable bonds is 5. The number of carbonyl (C=O) groups is 1. The Hall–Kier alpha value is -1.76. The molecule has 7 heteroatoms. The van der Waals surface area contributed by atoms with Gasteiger partial charge in [-0.15, -0.1) is 0 Å². The van der Waals surface area contributed by atoms with Gasteiger partial charge in [0.15, 0.2) is 6.61 Å². The van der Waals surface area contributed by atoms with Crippen LogP contribution in [-0.4, -0.2) is 29.8 Å². The summed E-state index contributed by atoms with van der Waals surface area (Å²) in [7, 11) is 0. The fourth-order valence-electron chi connectivity index (χ4n) is 2.68. The molecule has 1 saturated carbocycles. The first-order chi connectivity index (χ1) is 10.4. The Morgan fingerprint density at radius 3 is 2.50 bits per heavy atom. The zero-order valence-electron chi connectivity index (χ0n) is 11.9. The van der Waals surface area contributed by atoms with Crippen LogP contribution in [0.3, 0.4) is 0 Å². The van der Waals surface area contributed by atoms with Crippen LogP contribution in [0.1, 0.15) is 31.2 Å². The first-order valence-corrected chi connectivity index (χ1v) is 7.07. The van der Waals surface area contributed by atoms with Gasteiger partial charge in [0.25, 0.3) is 5.91 Å². The van der Waals surface area contributed by atoms with E-state index in [1.165, 1.54) is 18.2 Å². The number of halogens is 3. The van der Waals surface area contributed by atoms with Crippen molar-refractivity contribution in [3.8, 4) is 5.75 Å². The lowest BCUT2D eigenvalue weighted by Gasteiger charge is -2.28. The van der Waals surface area contributed by atoms with E-state index in [0.717, 1.165) is 18.9 Å². The standard InChI is InChI=1S/C15H18F3NO3/c16-15(17,18)11-5-1-2-6-12(11)22-9-13(21)19-14(10-20)7-3-4-8-14/h1-2,5-6,20H,3-4,7-10H2,(H,19,21). The highest BCUT2D eigenvalue weighted by Crippen LogP contribution is 2.36. The van der Waals surface area contributed by atoms with Crippen molar-refractivity contribution in [2.75, 3.05) is 13.2 Å². The van der Waals surface area contributed by atoms with E-state index in [1.54, 1.807) is 0 Å². The van der Waals surface area contributed by atoms with Gasteiger partial charge in [0.1, 0.15) is 5.75 Å². The summed E-state index contributed by atoms with van der Waals surface area (Å²) >= 11 is 0. The number of hydrogen-bond donors (Lipinski definition) is 2. The third-order valence-corrected chi connectivity index (χ3v) is 3.82. The molecule has 0 atom stereocenters. The lowest BCUT2D eigenvalue weighted by Crippen LogP contribution is -2.50. The van der Waals surface area contributed by atoms with Crippen LogP contribution < -0.4 is 10.1 Å². The van der Waals surface area contributed by atoms with Crippen molar-refractivity contribution in [2.45, 2.75) is 37.4 Å². The molecule has 22 heavy (non-hydrogen) atoms. The van der Waals surface area contributed by atoms with Crippen molar-refractivity contribution in [1.29, 1.82) is 0 Å².